The molecular formula is C14H22N2O2. The van der Waals surface area contributed by atoms with Gasteiger partial charge in [-0.15, -0.1) is 0 Å². The molecule has 1 amide bonds. The Bertz CT molecular complexity index is 385. The molecule has 0 atom stereocenters. The highest BCUT2D eigenvalue weighted by Gasteiger charge is 2.17. The zero-order valence-electron chi connectivity index (χ0n) is 11.3. The number of benzene rings is 1. The maximum atomic E-state index is 11.5. The fourth-order valence-electron chi connectivity index (χ4n) is 1.54. The zero-order valence-corrected chi connectivity index (χ0v) is 11.3. The SMILES string of the molecule is COCCC(=O)Nc1ccc(C(C)(C)CN)cc1. The van der Waals surface area contributed by atoms with E-state index in [4.69, 9.17) is 10.5 Å². The molecule has 0 aliphatic heterocycles. The lowest BCUT2D eigenvalue weighted by atomic mass is 9.85. The Hall–Kier alpha value is -1.39. The molecular weight excluding hydrogens is 228 g/mol. The van der Waals surface area contributed by atoms with Gasteiger partial charge in [-0.1, -0.05) is 26.0 Å². The number of amides is 1. The fourth-order valence-corrected chi connectivity index (χ4v) is 1.54. The molecule has 0 fully saturated rings. The van der Waals surface area contributed by atoms with E-state index in [1.807, 2.05) is 24.3 Å². The Balaban J connectivity index is 2.63. The third kappa shape index (κ3) is 4.13. The second-order valence-corrected chi connectivity index (χ2v) is 4.96. The number of nitrogens with two attached hydrogens (primary N) is 1. The summed E-state index contributed by atoms with van der Waals surface area (Å²) >= 11 is 0. The monoisotopic (exact) mass is 250 g/mol. The van der Waals surface area contributed by atoms with Gasteiger partial charge < -0.3 is 15.8 Å². The van der Waals surface area contributed by atoms with Crippen LogP contribution in [0, 0.1) is 0 Å². The molecule has 1 rings (SSSR count). The summed E-state index contributed by atoms with van der Waals surface area (Å²) in [7, 11) is 1.58. The molecule has 4 heteroatoms. The number of hydrogen-bond acceptors (Lipinski definition) is 3. The maximum absolute atomic E-state index is 11.5. The number of rotatable bonds is 6. The molecule has 4 nitrogen and oxygen atoms in total. The van der Waals surface area contributed by atoms with Crippen molar-refractivity contribution in [3.63, 3.8) is 0 Å². The molecule has 1 aromatic rings. The first-order valence-electron chi connectivity index (χ1n) is 6.09. The van der Waals surface area contributed by atoms with Crippen LogP contribution in [0.4, 0.5) is 5.69 Å². The highest BCUT2D eigenvalue weighted by molar-refractivity contribution is 5.90. The van der Waals surface area contributed by atoms with E-state index < -0.39 is 0 Å². The molecule has 100 valence electrons. The summed E-state index contributed by atoms with van der Waals surface area (Å²) in [5.74, 6) is -0.0392. The van der Waals surface area contributed by atoms with E-state index in [0.29, 0.717) is 19.6 Å². The molecule has 0 spiro atoms. The van der Waals surface area contributed by atoms with Gasteiger partial charge in [0.05, 0.1) is 13.0 Å². The largest absolute Gasteiger partial charge is 0.384 e. The van der Waals surface area contributed by atoms with Crippen LogP contribution < -0.4 is 11.1 Å². The zero-order chi connectivity index (χ0) is 13.6. The van der Waals surface area contributed by atoms with Gasteiger partial charge >= 0.3 is 0 Å². The minimum absolute atomic E-state index is 0.0392. The summed E-state index contributed by atoms with van der Waals surface area (Å²) in [6.45, 7) is 5.22. The Morgan fingerprint density at radius 2 is 1.94 bits per heavy atom. The fraction of sp³-hybridized carbons (Fsp3) is 0.500. The number of carbonyl (C=O) groups excluding carboxylic acids is 1. The van der Waals surface area contributed by atoms with Crippen LogP contribution in [-0.2, 0) is 14.9 Å². The quantitative estimate of drug-likeness (QED) is 0.810. The molecule has 0 saturated carbocycles. The molecule has 18 heavy (non-hydrogen) atoms. The molecule has 0 radical (unpaired) electrons. The van der Waals surface area contributed by atoms with E-state index in [2.05, 4.69) is 19.2 Å². The summed E-state index contributed by atoms with van der Waals surface area (Å²) in [5.41, 5.74) is 7.65. The van der Waals surface area contributed by atoms with Crippen molar-refractivity contribution in [2.45, 2.75) is 25.7 Å². The first kappa shape index (κ1) is 14.7. The Labute approximate surface area is 109 Å². The number of nitrogens with one attached hydrogen (secondary N) is 1. The van der Waals surface area contributed by atoms with Crippen LogP contribution in [0.25, 0.3) is 0 Å². The third-order valence-corrected chi connectivity index (χ3v) is 2.99. The van der Waals surface area contributed by atoms with Crippen molar-refractivity contribution in [1.29, 1.82) is 0 Å². The number of methoxy groups -OCH3 is 1. The van der Waals surface area contributed by atoms with Gasteiger partial charge in [0, 0.05) is 24.8 Å². The van der Waals surface area contributed by atoms with E-state index in [0.717, 1.165) is 5.69 Å². The van der Waals surface area contributed by atoms with Gasteiger partial charge in [0.1, 0.15) is 0 Å². The minimum Gasteiger partial charge on any atom is -0.384 e. The minimum atomic E-state index is -0.0431. The average Bonchev–Trinajstić information content (AvgIpc) is 2.37. The summed E-state index contributed by atoms with van der Waals surface area (Å²) < 4.78 is 4.85. The van der Waals surface area contributed by atoms with Crippen molar-refractivity contribution in [3.8, 4) is 0 Å². The summed E-state index contributed by atoms with van der Waals surface area (Å²) in [4.78, 5) is 11.5. The Kier molecular flexibility index (Phi) is 5.31. The molecule has 0 heterocycles. The van der Waals surface area contributed by atoms with Gasteiger partial charge in [0.2, 0.25) is 5.91 Å². The predicted octanol–water partition coefficient (Wildman–Crippen LogP) is 1.90. The summed E-state index contributed by atoms with van der Waals surface area (Å²) in [6, 6.07) is 7.80. The Morgan fingerprint density at radius 3 is 2.44 bits per heavy atom. The lowest BCUT2D eigenvalue weighted by Gasteiger charge is -2.23. The van der Waals surface area contributed by atoms with Crippen LogP contribution in [0.3, 0.4) is 0 Å². The van der Waals surface area contributed by atoms with Gasteiger partial charge in [0.15, 0.2) is 0 Å². The van der Waals surface area contributed by atoms with E-state index in [-0.39, 0.29) is 11.3 Å². The third-order valence-electron chi connectivity index (χ3n) is 2.99. The molecule has 0 aliphatic rings. The molecule has 0 aliphatic carbocycles. The molecule has 0 bridgehead atoms. The van der Waals surface area contributed by atoms with Gasteiger partial charge in [-0.05, 0) is 17.7 Å². The van der Waals surface area contributed by atoms with E-state index in [1.165, 1.54) is 5.56 Å². The van der Waals surface area contributed by atoms with E-state index >= 15 is 0 Å². The second kappa shape index (κ2) is 6.52. The first-order valence-corrected chi connectivity index (χ1v) is 6.09. The smallest absolute Gasteiger partial charge is 0.226 e. The number of carbonyl (C=O) groups is 1. The van der Waals surface area contributed by atoms with Crippen LogP contribution >= 0.6 is 0 Å². The highest BCUT2D eigenvalue weighted by atomic mass is 16.5. The van der Waals surface area contributed by atoms with Crippen LogP contribution in [0.1, 0.15) is 25.8 Å². The maximum Gasteiger partial charge on any atom is 0.226 e. The predicted molar refractivity (Wildman–Crippen MR) is 73.6 cm³/mol. The van der Waals surface area contributed by atoms with Crippen molar-refractivity contribution in [1.82, 2.24) is 0 Å². The average molecular weight is 250 g/mol. The lowest BCUT2D eigenvalue weighted by Crippen LogP contribution is -2.28. The topological polar surface area (TPSA) is 64.3 Å². The molecule has 0 saturated heterocycles. The molecule has 3 N–H and O–H groups in total. The van der Waals surface area contributed by atoms with Crippen LogP contribution in [-0.4, -0.2) is 26.2 Å². The van der Waals surface area contributed by atoms with Gasteiger partial charge in [-0.2, -0.15) is 0 Å². The highest BCUT2D eigenvalue weighted by Crippen LogP contribution is 2.23. The van der Waals surface area contributed by atoms with E-state index in [9.17, 15) is 4.79 Å². The summed E-state index contributed by atoms with van der Waals surface area (Å²) in [6.07, 6.45) is 0.368. The number of ether oxygens (including phenoxy) is 1. The standard InChI is InChI=1S/C14H22N2O2/c1-14(2,10-15)11-4-6-12(7-5-11)16-13(17)8-9-18-3/h4-7H,8-10,15H2,1-3H3,(H,16,17). The van der Waals surface area contributed by atoms with Crippen molar-refractivity contribution in [2.75, 3.05) is 25.6 Å². The van der Waals surface area contributed by atoms with Crippen LogP contribution in [0.5, 0.6) is 0 Å². The van der Waals surface area contributed by atoms with Crippen molar-refractivity contribution in [2.24, 2.45) is 5.73 Å². The lowest BCUT2D eigenvalue weighted by molar-refractivity contribution is -0.117. The molecule has 0 unspecified atom stereocenters. The van der Waals surface area contributed by atoms with Crippen molar-refractivity contribution in [3.05, 3.63) is 29.8 Å². The molecule has 1 aromatic carbocycles. The number of anilines is 1. The second-order valence-electron chi connectivity index (χ2n) is 4.96. The van der Waals surface area contributed by atoms with Gasteiger partial charge in [0.25, 0.3) is 0 Å². The number of hydrogen-bond donors (Lipinski definition) is 2. The first-order chi connectivity index (χ1) is 8.49. The van der Waals surface area contributed by atoms with Crippen molar-refractivity contribution >= 4 is 11.6 Å². The Morgan fingerprint density at radius 1 is 1.33 bits per heavy atom. The van der Waals surface area contributed by atoms with Gasteiger partial charge in [-0.3, -0.25) is 4.79 Å². The summed E-state index contributed by atoms with van der Waals surface area (Å²) in [5, 5.41) is 2.82. The normalized spacial score (nSPS) is 11.3. The van der Waals surface area contributed by atoms with Gasteiger partial charge in [-0.25, -0.2) is 0 Å². The van der Waals surface area contributed by atoms with Crippen LogP contribution in [0.15, 0.2) is 24.3 Å². The van der Waals surface area contributed by atoms with Crippen LogP contribution in [0.2, 0.25) is 0 Å². The molecule has 0 aromatic heterocycles. The van der Waals surface area contributed by atoms with E-state index in [1.54, 1.807) is 7.11 Å². The van der Waals surface area contributed by atoms with Crippen molar-refractivity contribution < 1.29 is 9.53 Å².